The normalized spacial score (nSPS) is 28.3. The Morgan fingerprint density at radius 3 is 2.86 bits per heavy atom. The summed E-state index contributed by atoms with van der Waals surface area (Å²) < 4.78 is 18.7. The second kappa shape index (κ2) is 5.88. The van der Waals surface area contributed by atoms with E-state index in [1.54, 1.807) is 12.3 Å². The van der Waals surface area contributed by atoms with Crippen LogP contribution in [0.1, 0.15) is 54.8 Å². The van der Waals surface area contributed by atoms with Crippen LogP contribution in [-0.4, -0.2) is 44.5 Å². The minimum absolute atomic E-state index is 0.105. The lowest BCUT2D eigenvalue weighted by Crippen LogP contribution is -2.49. The first-order valence-electron chi connectivity index (χ1n) is 7.42. The third-order valence-electron chi connectivity index (χ3n) is 4.22. The van der Waals surface area contributed by atoms with Crippen molar-refractivity contribution in [1.29, 1.82) is 0 Å². The molecule has 1 N–H and O–H groups in total. The van der Waals surface area contributed by atoms with Crippen LogP contribution >= 0.6 is 0 Å². The van der Waals surface area contributed by atoms with Gasteiger partial charge in [0.1, 0.15) is 5.76 Å². The van der Waals surface area contributed by atoms with Crippen molar-refractivity contribution in [3.63, 3.8) is 0 Å². The van der Waals surface area contributed by atoms with Crippen LogP contribution in [0.4, 0.5) is 0 Å². The summed E-state index contributed by atoms with van der Waals surface area (Å²) in [5.74, 6) is 1.11. The molecule has 1 aromatic heterocycles. The molecule has 2 heterocycles. The first-order chi connectivity index (χ1) is 10.0. The van der Waals surface area contributed by atoms with Crippen LogP contribution in [0.3, 0.4) is 0 Å². The molecule has 3 atom stereocenters. The van der Waals surface area contributed by atoms with Crippen LogP contribution in [-0.2, 0) is 11.0 Å². The zero-order valence-corrected chi connectivity index (χ0v) is 13.2. The fourth-order valence-corrected chi connectivity index (χ4v) is 3.84. The molecule has 6 nitrogen and oxygen atoms in total. The minimum Gasteiger partial charge on any atom is -0.360 e. The summed E-state index contributed by atoms with van der Waals surface area (Å²) in [6.07, 6.45) is 5.56. The fourth-order valence-electron chi connectivity index (χ4n) is 2.88. The number of amides is 1. The summed E-state index contributed by atoms with van der Waals surface area (Å²) in [5.41, 5.74) is 0.367. The number of nitrogens with zero attached hydrogens (tertiary/aromatic N) is 2. The molecular weight excluding hydrogens is 290 g/mol. The number of carbonyl (C=O) groups excluding carboxylic acids is 1. The molecule has 0 bridgehead atoms. The molecule has 1 saturated carbocycles. The molecule has 1 aliphatic heterocycles. The van der Waals surface area contributed by atoms with Gasteiger partial charge in [-0.2, -0.15) is 0 Å². The van der Waals surface area contributed by atoms with Crippen molar-refractivity contribution in [2.75, 3.05) is 12.8 Å². The van der Waals surface area contributed by atoms with Gasteiger partial charge in [0, 0.05) is 36.9 Å². The van der Waals surface area contributed by atoms with Crippen LogP contribution in [0.5, 0.6) is 0 Å². The second-order valence-corrected chi connectivity index (χ2v) is 7.31. The van der Waals surface area contributed by atoms with Crippen molar-refractivity contribution in [3.8, 4) is 0 Å². The van der Waals surface area contributed by atoms with Crippen LogP contribution in [0.15, 0.2) is 10.6 Å². The van der Waals surface area contributed by atoms with Crippen molar-refractivity contribution < 1.29 is 13.5 Å². The molecule has 0 radical (unpaired) electrons. The van der Waals surface area contributed by atoms with Crippen LogP contribution in [0.2, 0.25) is 0 Å². The Hall–Kier alpha value is -1.21. The Balaban J connectivity index is 1.56. The van der Waals surface area contributed by atoms with Gasteiger partial charge in [0.05, 0.1) is 11.0 Å². The number of nitrogens with one attached hydrogen (secondary N) is 1. The molecule has 116 valence electrons. The number of carbonyl (C=O) groups is 1. The molecule has 3 rings (SSSR count). The van der Waals surface area contributed by atoms with E-state index in [1.807, 2.05) is 11.2 Å². The molecule has 1 saturated heterocycles. The summed E-state index contributed by atoms with van der Waals surface area (Å²) >= 11 is 0. The Labute approximate surface area is 126 Å². The zero-order valence-electron chi connectivity index (χ0n) is 12.4. The van der Waals surface area contributed by atoms with Crippen LogP contribution < -0.4 is 5.32 Å². The van der Waals surface area contributed by atoms with E-state index in [9.17, 15) is 9.00 Å². The van der Waals surface area contributed by atoms with Gasteiger partial charge in [-0.25, -0.2) is 8.51 Å². The van der Waals surface area contributed by atoms with Crippen molar-refractivity contribution in [3.05, 3.63) is 17.5 Å². The summed E-state index contributed by atoms with van der Waals surface area (Å²) in [6.45, 7) is 2.78. The second-order valence-electron chi connectivity index (χ2n) is 6.00. The zero-order chi connectivity index (χ0) is 15.0. The molecule has 1 aromatic rings. The van der Waals surface area contributed by atoms with Gasteiger partial charge in [-0.05, 0) is 32.6 Å². The Kier molecular flexibility index (Phi) is 4.12. The quantitative estimate of drug-likeness (QED) is 0.912. The highest BCUT2D eigenvalue weighted by molar-refractivity contribution is 7.81. The molecule has 1 aliphatic carbocycles. The maximum absolute atomic E-state index is 12.2. The monoisotopic (exact) mass is 311 g/mol. The van der Waals surface area contributed by atoms with E-state index >= 15 is 0 Å². The average Bonchev–Trinajstić information content (AvgIpc) is 3.16. The predicted octanol–water partition coefficient (Wildman–Crippen LogP) is 1.43. The SMILES string of the molecule is C[C@H]1C[C@H](NC(=O)c2cc(C3CC3)on2)CCN1S(C)=O. The Bertz CT molecular complexity index is 555. The summed E-state index contributed by atoms with van der Waals surface area (Å²) in [4.78, 5) is 12.2. The fraction of sp³-hybridized carbons (Fsp3) is 0.714. The molecule has 21 heavy (non-hydrogen) atoms. The first kappa shape index (κ1) is 14.7. The third kappa shape index (κ3) is 3.35. The highest BCUT2D eigenvalue weighted by atomic mass is 32.2. The standard InChI is InChI=1S/C14H21N3O3S/c1-9-7-11(5-6-17(9)21(2)19)15-14(18)12-8-13(20-16-12)10-3-4-10/h8-11H,3-7H2,1-2H3,(H,15,18)/t9-,11+,21?/m0/s1. The first-order valence-corrected chi connectivity index (χ1v) is 8.93. The lowest BCUT2D eigenvalue weighted by Gasteiger charge is -2.35. The van der Waals surface area contributed by atoms with Gasteiger partial charge >= 0.3 is 0 Å². The van der Waals surface area contributed by atoms with Gasteiger partial charge in [0.2, 0.25) is 0 Å². The van der Waals surface area contributed by atoms with Gasteiger partial charge < -0.3 is 9.84 Å². The van der Waals surface area contributed by atoms with Crippen molar-refractivity contribution in [2.24, 2.45) is 0 Å². The van der Waals surface area contributed by atoms with Gasteiger partial charge in [-0.3, -0.25) is 4.79 Å². The maximum atomic E-state index is 12.2. The van der Waals surface area contributed by atoms with Crippen LogP contribution in [0, 0.1) is 0 Å². The maximum Gasteiger partial charge on any atom is 0.273 e. The number of rotatable bonds is 4. The molecule has 7 heteroatoms. The number of hydrogen-bond donors (Lipinski definition) is 1. The molecule has 0 spiro atoms. The van der Waals surface area contributed by atoms with Crippen LogP contribution in [0.25, 0.3) is 0 Å². The van der Waals surface area contributed by atoms with E-state index in [4.69, 9.17) is 4.52 Å². The van der Waals surface area contributed by atoms with Gasteiger partial charge in [-0.15, -0.1) is 0 Å². The van der Waals surface area contributed by atoms with E-state index in [-0.39, 0.29) is 18.0 Å². The topological polar surface area (TPSA) is 75.4 Å². The van der Waals surface area contributed by atoms with Crippen molar-refractivity contribution in [1.82, 2.24) is 14.8 Å². The number of hydrogen-bond acceptors (Lipinski definition) is 4. The highest BCUT2D eigenvalue weighted by Gasteiger charge is 2.31. The molecule has 0 aromatic carbocycles. The van der Waals surface area contributed by atoms with Crippen molar-refractivity contribution in [2.45, 2.75) is 50.6 Å². The summed E-state index contributed by atoms with van der Waals surface area (Å²) in [5, 5.41) is 6.87. The molecule has 1 unspecified atom stereocenters. The van der Waals surface area contributed by atoms with Gasteiger partial charge in [-0.1, -0.05) is 5.16 Å². The van der Waals surface area contributed by atoms with E-state index in [1.165, 1.54) is 0 Å². The van der Waals surface area contributed by atoms with E-state index < -0.39 is 11.0 Å². The average molecular weight is 311 g/mol. The van der Waals surface area contributed by atoms with E-state index in [0.29, 0.717) is 11.6 Å². The largest absolute Gasteiger partial charge is 0.360 e. The molecule has 1 amide bonds. The lowest BCUT2D eigenvalue weighted by molar-refractivity contribution is 0.0906. The third-order valence-corrected chi connectivity index (χ3v) is 5.42. The van der Waals surface area contributed by atoms with Crippen molar-refractivity contribution >= 4 is 16.9 Å². The lowest BCUT2D eigenvalue weighted by atomic mass is 10.0. The molecular formula is C14H21N3O3S. The smallest absolute Gasteiger partial charge is 0.273 e. The van der Waals surface area contributed by atoms with E-state index in [0.717, 1.165) is 38.0 Å². The highest BCUT2D eigenvalue weighted by Crippen LogP contribution is 2.40. The summed E-state index contributed by atoms with van der Waals surface area (Å²) in [6, 6.07) is 2.06. The molecule has 2 aliphatic rings. The van der Waals surface area contributed by atoms with E-state index in [2.05, 4.69) is 10.5 Å². The number of piperidine rings is 1. The summed E-state index contributed by atoms with van der Waals surface area (Å²) in [7, 11) is -0.947. The number of aromatic nitrogens is 1. The molecule has 2 fully saturated rings. The Morgan fingerprint density at radius 1 is 1.48 bits per heavy atom. The predicted molar refractivity (Wildman–Crippen MR) is 79.2 cm³/mol. The van der Waals surface area contributed by atoms with Gasteiger partial charge in [0.25, 0.3) is 5.91 Å². The van der Waals surface area contributed by atoms with Gasteiger partial charge in [0.15, 0.2) is 5.69 Å². The minimum atomic E-state index is -0.947. The Morgan fingerprint density at radius 2 is 2.24 bits per heavy atom.